The lowest BCUT2D eigenvalue weighted by Gasteiger charge is -2.05. The summed E-state index contributed by atoms with van der Waals surface area (Å²) in [5.74, 6) is 1.27. The van der Waals surface area contributed by atoms with Gasteiger partial charge in [0.15, 0.2) is 5.13 Å². The molecule has 2 aromatic heterocycles. The minimum atomic E-state index is 0.383. The molecule has 0 radical (unpaired) electrons. The molecule has 0 aliphatic carbocycles. The minimum Gasteiger partial charge on any atom is -0.365 e. The van der Waals surface area contributed by atoms with Gasteiger partial charge in [0.05, 0.1) is 22.6 Å². The quantitative estimate of drug-likeness (QED) is 0.691. The van der Waals surface area contributed by atoms with Crippen molar-refractivity contribution in [3.05, 3.63) is 41.3 Å². The molecule has 120 valence electrons. The molecule has 0 saturated heterocycles. The summed E-state index contributed by atoms with van der Waals surface area (Å²) in [6, 6.07) is 6.27. The summed E-state index contributed by atoms with van der Waals surface area (Å²) >= 11 is 7.51. The monoisotopic (exact) mass is 347 g/mol. The number of halogens is 1. The summed E-state index contributed by atoms with van der Waals surface area (Å²) in [6.07, 6.45) is 3.17. The molecule has 0 spiro atoms. The van der Waals surface area contributed by atoms with E-state index in [1.54, 1.807) is 17.5 Å². The predicted octanol–water partition coefficient (Wildman–Crippen LogP) is 4.42. The van der Waals surface area contributed by atoms with E-state index in [4.69, 9.17) is 11.6 Å². The van der Waals surface area contributed by atoms with Crippen LogP contribution < -0.4 is 10.6 Å². The number of rotatable bonds is 6. The van der Waals surface area contributed by atoms with Crippen molar-refractivity contribution in [2.45, 2.75) is 20.4 Å². The van der Waals surface area contributed by atoms with Gasteiger partial charge in [-0.2, -0.15) is 0 Å². The fourth-order valence-electron chi connectivity index (χ4n) is 2.07. The Hall–Kier alpha value is -1.92. The molecule has 0 saturated carbocycles. The first-order chi connectivity index (χ1) is 11.1. The van der Waals surface area contributed by atoms with Gasteiger partial charge in [-0.1, -0.05) is 42.9 Å². The van der Waals surface area contributed by atoms with Gasteiger partial charge < -0.3 is 10.6 Å². The fraction of sp³-hybridized carbons (Fsp3) is 0.312. The van der Waals surface area contributed by atoms with Crippen molar-refractivity contribution in [1.82, 2.24) is 15.0 Å². The zero-order valence-electron chi connectivity index (χ0n) is 13.0. The van der Waals surface area contributed by atoms with Crippen molar-refractivity contribution in [3.8, 4) is 0 Å². The Bertz CT molecular complexity index is 802. The highest BCUT2D eigenvalue weighted by Gasteiger charge is 2.05. The van der Waals surface area contributed by atoms with Gasteiger partial charge in [0.25, 0.3) is 0 Å². The van der Waals surface area contributed by atoms with Crippen LogP contribution in [0.15, 0.2) is 30.6 Å². The average Bonchev–Trinajstić information content (AvgIpc) is 2.93. The lowest BCUT2D eigenvalue weighted by molar-refractivity contribution is 0.688. The fourth-order valence-corrected chi connectivity index (χ4v) is 3.15. The molecule has 7 heteroatoms. The molecule has 0 amide bonds. The van der Waals surface area contributed by atoms with E-state index in [9.17, 15) is 0 Å². The van der Waals surface area contributed by atoms with Gasteiger partial charge in [-0.3, -0.25) is 4.98 Å². The first-order valence-electron chi connectivity index (χ1n) is 7.45. The zero-order valence-corrected chi connectivity index (χ0v) is 14.6. The Balaban J connectivity index is 1.69. The zero-order chi connectivity index (χ0) is 16.2. The number of fused-ring (bicyclic) bond motifs is 1. The summed E-state index contributed by atoms with van der Waals surface area (Å²) in [5, 5.41) is 7.95. The van der Waals surface area contributed by atoms with Crippen LogP contribution in [0.2, 0.25) is 5.15 Å². The van der Waals surface area contributed by atoms with Crippen LogP contribution in [0, 0.1) is 5.92 Å². The Morgan fingerprint density at radius 3 is 2.83 bits per heavy atom. The van der Waals surface area contributed by atoms with Crippen LogP contribution in [0.5, 0.6) is 0 Å². The molecular weight excluding hydrogens is 330 g/mol. The molecule has 2 heterocycles. The second-order valence-corrected chi connectivity index (χ2v) is 7.09. The molecule has 0 unspecified atom stereocenters. The van der Waals surface area contributed by atoms with E-state index < -0.39 is 0 Å². The van der Waals surface area contributed by atoms with Crippen LogP contribution in [-0.2, 0) is 6.54 Å². The summed E-state index contributed by atoms with van der Waals surface area (Å²) < 4.78 is 1.17. The van der Waals surface area contributed by atoms with Gasteiger partial charge >= 0.3 is 0 Å². The molecule has 3 rings (SSSR count). The van der Waals surface area contributed by atoms with Crippen LogP contribution in [0.1, 0.15) is 19.4 Å². The molecule has 23 heavy (non-hydrogen) atoms. The van der Waals surface area contributed by atoms with E-state index in [1.165, 1.54) is 16.5 Å². The Morgan fingerprint density at radius 2 is 2.04 bits per heavy atom. The number of aromatic nitrogens is 3. The summed E-state index contributed by atoms with van der Waals surface area (Å²) in [7, 11) is 0. The second-order valence-electron chi connectivity index (χ2n) is 5.68. The van der Waals surface area contributed by atoms with Gasteiger partial charge in [-0.25, -0.2) is 9.97 Å². The maximum absolute atomic E-state index is 5.83. The van der Waals surface area contributed by atoms with E-state index in [0.29, 0.717) is 23.4 Å². The Morgan fingerprint density at radius 1 is 1.17 bits per heavy atom. The molecule has 0 aliphatic heterocycles. The number of hydrogen-bond donors (Lipinski definition) is 2. The van der Waals surface area contributed by atoms with E-state index in [1.807, 2.05) is 6.07 Å². The van der Waals surface area contributed by atoms with E-state index in [0.717, 1.165) is 17.2 Å². The van der Waals surface area contributed by atoms with Gasteiger partial charge in [-0.05, 0) is 23.6 Å². The van der Waals surface area contributed by atoms with Crippen LogP contribution in [0.3, 0.4) is 0 Å². The largest absolute Gasteiger partial charge is 0.365 e. The Kier molecular flexibility index (Phi) is 4.93. The van der Waals surface area contributed by atoms with Crippen molar-refractivity contribution in [2.75, 3.05) is 17.2 Å². The van der Waals surface area contributed by atoms with Gasteiger partial charge in [-0.15, -0.1) is 0 Å². The first-order valence-corrected chi connectivity index (χ1v) is 8.64. The van der Waals surface area contributed by atoms with Crippen molar-refractivity contribution < 1.29 is 0 Å². The number of anilines is 2. The maximum atomic E-state index is 5.83. The molecule has 2 N–H and O–H groups in total. The smallest absolute Gasteiger partial charge is 0.183 e. The van der Waals surface area contributed by atoms with Crippen molar-refractivity contribution >= 4 is 44.1 Å². The summed E-state index contributed by atoms with van der Waals surface area (Å²) in [6.45, 7) is 5.96. The van der Waals surface area contributed by atoms with Crippen molar-refractivity contribution in [3.63, 3.8) is 0 Å². The van der Waals surface area contributed by atoms with Gasteiger partial charge in [0.2, 0.25) is 0 Å². The van der Waals surface area contributed by atoms with Crippen molar-refractivity contribution in [1.29, 1.82) is 0 Å². The van der Waals surface area contributed by atoms with E-state index in [-0.39, 0.29) is 0 Å². The minimum absolute atomic E-state index is 0.383. The van der Waals surface area contributed by atoms with Crippen LogP contribution in [0.4, 0.5) is 10.9 Å². The average molecular weight is 348 g/mol. The molecule has 1 aromatic carbocycles. The van der Waals surface area contributed by atoms with E-state index in [2.05, 4.69) is 51.6 Å². The van der Waals surface area contributed by atoms with Crippen LogP contribution in [0.25, 0.3) is 10.2 Å². The third-order valence-electron chi connectivity index (χ3n) is 3.19. The van der Waals surface area contributed by atoms with E-state index >= 15 is 0 Å². The van der Waals surface area contributed by atoms with Crippen molar-refractivity contribution in [2.24, 2.45) is 5.92 Å². The number of nitrogens with zero attached hydrogens (tertiary/aromatic N) is 3. The van der Waals surface area contributed by atoms with Gasteiger partial charge in [0, 0.05) is 13.1 Å². The maximum Gasteiger partial charge on any atom is 0.183 e. The number of hydrogen-bond acceptors (Lipinski definition) is 6. The SMILES string of the molecule is CC(C)CNc1nc2ccc(CNc3cncc(Cl)n3)cc2s1. The molecule has 0 atom stereocenters. The molecule has 0 aliphatic rings. The predicted molar refractivity (Wildman–Crippen MR) is 97.3 cm³/mol. The topological polar surface area (TPSA) is 62.7 Å². The van der Waals surface area contributed by atoms with Crippen LogP contribution in [-0.4, -0.2) is 21.5 Å². The third kappa shape index (κ3) is 4.30. The molecular formula is C16H18ClN5S. The highest BCUT2D eigenvalue weighted by molar-refractivity contribution is 7.22. The summed E-state index contributed by atoms with van der Waals surface area (Å²) in [4.78, 5) is 12.8. The molecule has 3 aromatic rings. The molecule has 0 fully saturated rings. The number of benzene rings is 1. The Labute approximate surface area is 144 Å². The lowest BCUT2D eigenvalue weighted by atomic mass is 10.2. The molecule has 0 bridgehead atoms. The number of nitrogens with one attached hydrogen (secondary N) is 2. The lowest BCUT2D eigenvalue weighted by Crippen LogP contribution is -2.07. The molecule has 5 nitrogen and oxygen atoms in total. The standard InChI is InChI=1S/C16H18ClN5S/c1-10(2)6-20-16-21-12-4-3-11(5-13(12)23-16)7-19-15-9-18-8-14(17)22-15/h3-5,8-10H,6-7H2,1-2H3,(H,19,22)(H,20,21). The summed E-state index contributed by atoms with van der Waals surface area (Å²) in [5.41, 5.74) is 2.19. The first kappa shape index (κ1) is 16.0. The number of thiazole rings is 1. The highest BCUT2D eigenvalue weighted by atomic mass is 35.5. The van der Waals surface area contributed by atoms with Gasteiger partial charge in [0.1, 0.15) is 11.0 Å². The highest BCUT2D eigenvalue weighted by Crippen LogP contribution is 2.27. The third-order valence-corrected chi connectivity index (χ3v) is 4.35. The second kappa shape index (κ2) is 7.10. The normalized spacial score (nSPS) is 11.1. The van der Waals surface area contributed by atoms with Crippen LogP contribution >= 0.6 is 22.9 Å².